The normalized spacial score (nSPS) is 13.3. The molecule has 4 nitrogen and oxygen atoms in total. The Morgan fingerprint density at radius 2 is 1.92 bits per heavy atom. The van der Waals surface area contributed by atoms with Crippen LogP contribution in [-0.2, 0) is 11.2 Å². The van der Waals surface area contributed by atoms with Crippen molar-refractivity contribution < 1.29 is 9.59 Å². The van der Waals surface area contributed by atoms with E-state index in [9.17, 15) is 9.59 Å². The minimum Gasteiger partial charge on any atom is -0.322 e. The molecule has 0 aliphatic carbocycles. The molecule has 2 aromatic rings. The molecule has 0 fully saturated rings. The van der Waals surface area contributed by atoms with Crippen molar-refractivity contribution >= 4 is 39.1 Å². The highest BCUT2D eigenvalue weighted by molar-refractivity contribution is 9.10. The second-order valence-corrected chi connectivity index (χ2v) is 6.72. The molecular formula is C19H19BrN2O2. The van der Waals surface area contributed by atoms with E-state index in [-0.39, 0.29) is 11.8 Å². The summed E-state index contributed by atoms with van der Waals surface area (Å²) in [7, 11) is 0. The Kier molecular flexibility index (Phi) is 5.00. The van der Waals surface area contributed by atoms with Crippen molar-refractivity contribution in [1.82, 2.24) is 0 Å². The third kappa shape index (κ3) is 3.51. The van der Waals surface area contributed by atoms with Gasteiger partial charge >= 0.3 is 0 Å². The fraction of sp³-hybridized carbons (Fsp3) is 0.263. The third-order valence-electron chi connectivity index (χ3n) is 4.17. The van der Waals surface area contributed by atoms with Gasteiger partial charge in [0.05, 0.1) is 0 Å². The maximum absolute atomic E-state index is 12.4. The van der Waals surface area contributed by atoms with Gasteiger partial charge in [0.25, 0.3) is 5.91 Å². The van der Waals surface area contributed by atoms with E-state index in [1.54, 1.807) is 12.1 Å². The number of amides is 2. The van der Waals surface area contributed by atoms with Crippen LogP contribution in [0, 0.1) is 0 Å². The Hall–Kier alpha value is -2.14. The first-order chi connectivity index (χ1) is 11.6. The summed E-state index contributed by atoms with van der Waals surface area (Å²) >= 11 is 3.36. The lowest BCUT2D eigenvalue weighted by molar-refractivity contribution is -0.118. The molecule has 0 saturated carbocycles. The molecule has 3 rings (SSSR count). The Labute approximate surface area is 150 Å². The lowest BCUT2D eigenvalue weighted by atomic mass is 10.0. The van der Waals surface area contributed by atoms with Crippen LogP contribution in [0.1, 0.15) is 35.7 Å². The summed E-state index contributed by atoms with van der Waals surface area (Å²) in [5.74, 6) is -0.0426. The number of nitrogens with zero attached hydrogens (tertiary/aromatic N) is 1. The van der Waals surface area contributed by atoms with Crippen LogP contribution < -0.4 is 10.2 Å². The Morgan fingerprint density at radius 1 is 1.17 bits per heavy atom. The first kappa shape index (κ1) is 16.7. The van der Waals surface area contributed by atoms with Gasteiger partial charge in [-0.3, -0.25) is 9.59 Å². The molecule has 24 heavy (non-hydrogen) atoms. The van der Waals surface area contributed by atoms with Crippen LogP contribution in [0.5, 0.6) is 0 Å². The van der Waals surface area contributed by atoms with Crippen LogP contribution in [0.2, 0.25) is 0 Å². The number of halogens is 1. The van der Waals surface area contributed by atoms with Crippen molar-refractivity contribution in [2.24, 2.45) is 0 Å². The summed E-state index contributed by atoms with van der Waals surface area (Å²) in [6.45, 7) is 2.61. The minimum absolute atomic E-state index is 0.118. The lowest BCUT2D eigenvalue weighted by Gasteiger charge is -2.29. The molecule has 0 atom stereocenters. The van der Waals surface area contributed by atoms with Crippen LogP contribution in [0.25, 0.3) is 0 Å². The van der Waals surface area contributed by atoms with Crippen molar-refractivity contribution in [3.63, 3.8) is 0 Å². The van der Waals surface area contributed by atoms with E-state index >= 15 is 0 Å². The van der Waals surface area contributed by atoms with Crippen molar-refractivity contribution in [3.8, 4) is 0 Å². The number of anilines is 2. The second kappa shape index (κ2) is 7.18. The Bertz CT molecular complexity index is 771. The van der Waals surface area contributed by atoms with Crippen LogP contribution in [0.15, 0.2) is 46.9 Å². The highest BCUT2D eigenvalue weighted by Gasteiger charge is 2.22. The van der Waals surface area contributed by atoms with Crippen molar-refractivity contribution in [3.05, 3.63) is 58.1 Å². The molecule has 0 spiro atoms. The van der Waals surface area contributed by atoms with E-state index in [0.717, 1.165) is 35.1 Å². The van der Waals surface area contributed by atoms with Gasteiger partial charge in [0, 0.05) is 34.4 Å². The molecule has 0 aromatic heterocycles. The van der Waals surface area contributed by atoms with E-state index in [1.807, 2.05) is 42.2 Å². The maximum atomic E-state index is 12.4. The molecular weight excluding hydrogens is 368 g/mol. The molecule has 1 heterocycles. The lowest BCUT2D eigenvalue weighted by Crippen LogP contribution is -2.35. The number of hydrogen-bond acceptors (Lipinski definition) is 2. The molecule has 0 unspecified atom stereocenters. The average Bonchev–Trinajstić information content (AvgIpc) is 2.61. The van der Waals surface area contributed by atoms with Crippen LogP contribution in [0.4, 0.5) is 11.4 Å². The molecule has 2 aromatic carbocycles. The molecule has 0 radical (unpaired) electrons. The zero-order chi connectivity index (χ0) is 17.1. The summed E-state index contributed by atoms with van der Waals surface area (Å²) in [6, 6.07) is 13.0. The predicted octanol–water partition coefficient (Wildman–Crippen LogP) is 4.39. The number of hydrogen-bond donors (Lipinski definition) is 1. The van der Waals surface area contributed by atoms with E-state index in [0.29, 0.717) is 17.7 Å². The van der Waals surface area contributed by atoms with E-state index in [2.05, 4.69) is 21.2 Å². The Balaban J connectivity index is 1.83. The van der Waals surface area contributed by atoms with E-state index < -0.39 is 0 Å². The van der Waals surface area contributed by atoms with Gasteiger partial charge in [0.1, 0.15) is 0 Å². The molecule has 124 valence electrons. The number of benzene rings is 2. The standard InChI is InChI=1S/C19H19BrN2O2/c1-2-18(23)22-11-3-4-13-7-10-16(12-17(13)22)21-19(24)14-5-8-15(20)9-6-14/h5-10,12H,2-4,11H2,1H3,(H,21,24). The second-order valence-electron chi connectivity index (χ2n) is 5.81. The third-order valence-corrected chi connectivity index (χ3v) is 4.70. The topological polar surface area (TPSA) is 49.4 Å². The van der Waals surface area contributed by atoms with E-state index in [4.69, 9.17) is 0 Å². The monoisotopic (exact) mass is 386 g/mol. The SMILES string of the molecule is CCC(=O)N1CCCc2ccc(NC(=O)c3ccc(Br)cc3)cc21. The van der Waals surface area contributed by atoms with Gasteiger partial charge in [-0.2, -0.15) is 0 Å². The van der Waals surface area contributed by atoms with Gasteiger partial charge < -0.3 is 10.2 Å². The molecule has 5 heteroatoms. The number of carbonyl (C=O) groups excluding carboxylic acids is 2. The van der Waals surface area contributed by atoms with E-state index in [1.165, 1.54) is 0 Å². The highest BCUT2D eigenvalue weighted by Crippen LogP contribution is 2.30. The maximum Gasteiger partial charge on any atom is 0.255 e. The number of nitrogens with one attached hydrogen (secondary N) is 1. The summed E-state index contributed by atoms with van der Waals surface area (Å²) in [6.07, 6.45) is 2.42. The summed E-state index contributed by atoms with van der Waals surface area (Å²) < 4.78 is 0.932. The molecule has 0 saturated heterocycles. The summed E-state index contributed by atoms with van der Waals surface area (Å²) in [5.41, 5.74) is 3.38. The number of rotatable bonds is 3. The summed E-state index contributed by atoms with van der Waals surface area (Å²) in [4.78, 5) is 26.3. The molecule has 1 aliphatic rings. The van der Waals surface area contributed by atoms with Crippen LogP contribution in [-0.4, -0.2) is 18.4 Å². The molecule has 1 aliphatic heterocycles. The molecule has 2 amide bonds. The number of fused-ring (bicyclic) bond motifs is 1. The largest absolute Gasteiger partial charge is 0.322 e. The minimum atomic E-state index is -0.161. The number of carbonyl (C=O) groups is 2. The van der Waals surface area contributed by atoms with Crippen molar-refractivity contribution in [2.45, 2.75) is 26.2 Å². The molecule has 1 N–H and O–H groups in total. The van der Waals surface area contributed by atoms with Gasteiger partial charge in [-0.05, 0) is 54.8 Å². The zero-order valence-electron chi connectivity index (χ0n) is 13.5. The Morgan fingerprint density at radius 3 is 2.62 bits per heavy atom. The van der Waals surface area contributed by atoms with Crippen molar-refractivity contribution in [2.75, 3.05) is 16.8 Å². The van der Waals surface area contributed by atoms with Crippen LogP contribution >= 0.6 is 15.9 Å². The predicted molar refractivity (Wildman–Crippen MR) is 99.5 cm³/mol. The zero-order valence-corrected chi connectivity index (χ0v) is 15.1. The summed E-state index contributed by atoms with van der Waals surface area (Å²) in [5, 5.41) is 2.91. The van der Waals surface area contributed by atoms with Gasteiger partial charge in [-0.25, -0.2) is 0 Å². The number of aryl methyl sites for hydroxylation is 1. The first-order valence-electron chi connectivity index (χ1n) is 8.08. The van der Waals surface area contributed by atoms with Gasteiger partial charge in [0.2, 0.25) is 5.91 Å². The van der Waals surface area contributed by atoms with Gasteiger partial charge in [-0.1, -0.05) is 28.9 Å². The first-order valence-corrected chi connectivity index (χ1v) is 8.88. The van der Waals surface area contributed by atoms with Gasteiger partial charge in [0.15, 0.2) is 0 Å². The average molecular weight is 387 g/mol. The smallest absolute Gasteiger partial charge is 0.255 e. The highest BCUT2D eigenvalue weighted by atomic mass is 79.9. The van der Waals surface area contributed by atoms with Crippen molar-refractivity contribution in [1.29, 1.82) is 0 Å². The fourth-order valence-electron chi connectivity index (χ4n) is 2.91. The van der Waals surface area contributed by atoms with Gasteiger partial charge in [-0.15, -0.1) is 0 Å². The van der Waals surface area contributed by atoms with Crippen LogP contribution in [0.3, 0.4) is 0 Å². The molecule has 0 bridgehead atoms. The quantitative estimate of drug-likeness (QED) is 0.849. The fourth-order valence-corrected chi connectivity index (χ4v) is 3.17.